The normalized spacial score (nSPS) is 19.9. The van der Waals surface area contributed by atoms with Crippen LogP contribution in [0.25, 0.3) is 0 Å². The van der Waals surface area contributed by atoms with E-state index in [0.717, 1.165) is 31.9 Å². The van der Waals surface area contributed by atoms with Crippen LogP contribution in [0.5, 0.6) is 5.75 Å². The van der Waals surface area contributed by atoms with Gasteiger partial charge in [0.2, 0.25) is 0 Å². The maximum Gasteiger partial charge on any atom is 0.125 e. The molecule has 2 rings (SSSR count). The molecule has 1 aliphatic rings. The Morgan fingerprint density at radius 1 is 1.30 bits per heavy atom. The van der Waals surface area contributed by atoms with Crippen molar-refractivity contribution in [1.82, 2.24) is 5.32 Å². The van der Waals surface area contributed by atoms with Gasteiger partial charge in [0, 0.05) is 18.8 Å². The average molecular weight is 277 g/mol. The molecular formula is C17H27NO2. The average Bonchev–Trinajstić information content (AvgIpc) is 2.63. The Labute approximate surface area is 122 Å². The second-order valence-electron chi connectivity index (χ2n) is 6.45. The van der Waals surface area contributed by atoms with E-state index in [1.165, 1.54) is 5.56 Å². The predicted molar refractivity (Wildman–Crippen MR) is 82.2 cm³/mol. The largest absolute Gasteiger partial charge is 0.486 e. The molecule has 3 nitrogen and oxygen atoms in total. The molecular weight excluding hydrogens is 250 g/mol. The van der Waals surface area contributed by atoms with Crippen LogP contribution >= 0.6 is 0 Å². The van der Waals surface area contributed by atoms with Crippen LogP contribution < -0.4 is 10.1 Å². The number of fused-ring (bicyclic) bond motifs is 1. The molecule has 1 atom stereocenters. The number of ether oxygens (including phenoxy) is 2. The zero-order chi connectivity index (χ0) is 14.6. The van der Waals surface area contributed by atoms with E-state index < -0.39 is 0 Å². The molecule has 112 valence electrons. The fraction of sp³-hybridized carbons (Fsp3) is 0.647. The highest BCUT2D eigenvalue weighted by atomic mass is 16.5. The summed E-state index contributed by atoms with van der Waals surface area (Å²) in [4.78, 5) is 0. The predicted octanol–water partition coefficient (Wildman–Crippen LogP) is 3.55. The van der Waals surface area contributed by atoms with E-state index in [2.05, 4.69) is 45.1 Å². The van der Waals surface area contributed by atoms with Crippen molar-refractivity contribution in [1.29, 1.82) is 0 Å². The third-order valence-corrected chi connectivity index (χ3v) is 3.56. The molecule has 0 fully saturated rings. The summed E-state index contributed by atoms with van der Waals surface area (Å²) in [5, 5.41) is 3.61. The van der Waals surface area contributed by atoms with Crippen molar-refractivity contribution >= 4 is 0 Å². The van der Waals surface area contributed by atoms with Crippen LogP contribution in [0, 0.1) is 5.92 Å². The maximum atomic E-state index is 6.02. The van der Waals surface area contributed by atoms with Crippen molar-refractivity contribution in [3.05, 3.63) is 29.8 Å². The van der Waals surface area contributed by atoms with Gasteiger partial charge in [-0.3, -0.25) is 0 Å². The number of benzene rings is 1. The van der Waals surface area contributed by atoms with Crippen molar-refractivity contribution in [2.75, 3.05) is 19.8 Å². The maximum absolute atomic E-state index is 6.02. The smallest absolute Gasteiger partial charge is 0.125 e. The standard InChI is InChI=1S/C17H27NO2/c1-13(2)12-19-11-7-10-18-16-14-8-5-6-9-15(14)20-17(16,3)4/h5-6,8-9,13,16,18H,7,10-12H2,1-4H3. The van der Waals surface area contributed by atoms with E-state index in [1.54, 1.807) is 0 Å². The molecule has 0 saturated heterocycles. The first kappa shape index (κ1) is 15.3. The minimum Gasteiger partial charge on any atom is -0.486 e. The third kappa shape index (κ3) is 3.74. The molecule has 0 bridgehead atoms. The van der Waals surface area contributed by atoms with Crippen LogP contribution in [0.2, 0.25) is 0 Å². The Hall–Kier alpha value is -1.06. The molecule has 0 aliphatic carbocycles. The van der Waals surface area contributed by atoms with Crippen LogP contribution in [0.15, 0.2) is 24.3 Å². The van der Waals surface area contributed by atoms with Crippen molar-refractivity contribution in [3.63, 3.8) is 0 Å². The van der Waals surface area contributed by atoms with Gasteiger partial charge in [0.25, 0.3) is 0 Å². The minimum atomic E-state index is -0.192. The number of nitrogens with one attached hydrogen (secondary N) is 1. The van der Waals surface area contributed by atoms with E-state index in [1.807, 2.05) is 12.1 Å². The fourth-order valence-corrected chi connectivity index (χ4v) is 2.62. The molecule has 0 spiro atoms. The summed E-state index contributed by atoms with van der Waals surface area (Å²) < 4.78 is 11.6. The second kappa shape index (κ2) is 6.59. The second-order valence-corrected chi connectivity index (χ2v) is 6.45. The van der Waals surface area contributed by atoms with Gasteiger partial charge in [0.05, 0.1) is 6.04 Å². The van der Waals surface area contributed by atoms with Crippen molar-refractivity contribution in [2.24, 2.45) is 5.92 Å². The Bertz CT molecular complexity index is 429. The molecule has 20 heavy (non-hydrogen) atoms. The van der Waals surface area contributed by atoms with Gasteiger partial charge in [-0.2, -0.15) is 0 Å². The van der Waals surface area contributed by atoms with Crippen LogP contribution in [-0.2, 0) is 4.74 Å². The number of hydrogen-bond acceptors (Lipinski definition) is 3. The van der Waals surface area contributed by atoms with E-state index in [4.69, 9.17) is 9.47 Å². The highest BCUT2D eigenvalue weighted by molar-refractivity contribution is 5.42. The molecule has 0 amide bonds. The molecule has 1 unspecified atom stereocenters. The Kier molecular flexibility index (Phi) is 5.06. The minimum absolute atomic E-state index is 0.192. The lowest BCUT2D eigenvalue weighted by atomic mass is 9.94. The summed E-state index contributed by atoms with van der Waals surface area (Å²) in [7, 11) is 0. The van der Waals surface area contributed by atoms with E-state index in [9.17, 15) is 0 Å². The van der Waals surface area contributed by atoms with Gasteiger partial charge in [0.1, 0.15) is 11.4 Å². The Balaban J connectivity index is 1.80. The van der Waals surface area contributed by atoms with Gasteiger partial charge in [-0.05, 0) is 38.8 Å². The summed E-state index contributed by atoms with van der Waals surface area (Å²) in [6.45, 7) is 11.2. The van der Waals surface area contributed by atoms with Gasteiger partial charge in [-0.25, -0.2) is 0 Å². The van der Waals surface area contributed by atoms with Gasteiger partial charge >= 0.3 is 0 Å². The summed E-state index contributed by atoms with van der Waals surface area (Å²) in [5.74, 6) is 1.61. The van der Waals surface area contributed by atoms with Crippen LogP contribution in [-0.4, -0.2) is 25.4 Å². The van der Waals surface area contributed by atoms with E-state index >= 15 is 0 Å². The zero-order valence-corrected chi connectivity index (χ0v) is 13.1. The van der Waals surface area contributed by atoms with Gasteiger partial charge < -0.3 is 14.8 Å². The molecule has 1 aliphatic heterocycles. The lowest BCUT2D eigenvalue weighted by Gasteiger charge is -2.27. The first-order valence-electron chi connectivity index (χ1n) is 7.60. The highest BCUT2D eigenvalue weighted by Crippen LogP contribution is 2.42. The van der Waals surface area contributed by atoms with Gasteiger partial charge in [-0.15, -0.1) is 0 Å². The molecule has 0 aromatic heterocycles. The molecule has 1 N–H and O–H groups in total. The lowest BCUT2D eigenvalue weighted by molar-refractivity contribution is 0.0884. The molecule has 3 heteroatoms. The van der Waals surface area contributed by atoms with E-state index in [-0.39, 0.29) is 11.6 Å². The van der Waals surface area contributed by atoms with Crippen molar-refractivity contribution < 1.29 is 9.47 Å². The Morgan fingerprint density at radius 3 is 2.80 bits per heavy atom. The lowest BCUT2D eigenvalue weighted by Crippen LogP contribution is -2.39. The first-order chi connectivity index (χ1) is 9.50. The SMILES string of the molecule is CC(C)COCCCNC1c2ccccc2OC1(C)C. The highest BCUT2D eigenvalue weighted by Gasteiger charge is 2.40. The summed E-state index contributed by atoms with van der Waals surface area (Å²) in [5.41, 5.74) is 1.07. The Morgan fingerprint density at radius 2 is 2.05 bits per heavy atom. The van der Waals surface area contributed by atoms with Crippen molar-refractivity contribution in [3.8, 4) is 5.75 Å². The van der Waals surface area contributed by atoms with Gasteiger partial charge in [-0.1, -0.05) is 32.0 Å². The monoisotopic (exact) mass is 277 g/mol. The topological polar surface area (TPSA) is 30.5 Å². The zero-order valence-electron chi connectivity index (χ0n) is 13.1. The molecule has 0 saturated carbocycles. The number of rotatable bonds is 7. The van der Waals surface area contributed by atoms with E-state index in [0.29, 0.717) is 5.92 Å². The number of para-hydroxylation sites is 1. The molecule has 1 heterocycles. The van der Waals surface area contributed by atoms with Crippen LogP contribution in [0.3, 0.4) is 0 Å². The summed E-state index contributed by atoms with van der Waals surface area (Å²) in [6.07, 6.45) is 1.03. The number of hydrogen-bond donors (Lipinski definition) is 1. The third-order valence-electron chi connectivity index (χ3n) is 3.56. The first-order valence-corrected chi connectivity index (χ1v) is 7.60. The van der Waals surface area contributed by atoms with Crippen LogP contribution in [0.1, 0.15) is 45.7 Å². The quantitative estimate of drug-likeness (QED) is 0.773. The molecule has 0 radical (unpaired) electrons. The summed E-state index contributed by atoms with van der Waals surface area (Å²) in [6, 6.07) is 8.55. The van der Waals surface area contributed by atoms with Crippen LogP contribution in [0.4, 0.5) is 0 Å². The van der Waals surface area contributed by atoms with Crippen molar-refractivity contribution in [2.45, 2.75) is 45.8 Å². The molecule has 1 aromatic rings. The summed E-state index contributed by atoms with van der Waals surface area (Å²) >= 11 is 0. The molecule has 1 aromatic carbocycles. The van der Waals surface area contributed by atoms with Gasteiger partial charge in [0.15, 0.2) is 0 Å². The fourth-order valence-electron chi connectivity index (χ4n) is 2.62.